The molecule has 0 atom stereocenters. The second kappa shape index (κ2) is 3.62. The molecule has 0 spiro atoms. The zero-order valence-corrected chi connectivity index (χ0v) is 8.58. The van der Waals surface area contributed by atoms with E-state index >= 15 is 0 Å². The molecule has 0 aliphatic heterocycles. The molecule has 4 heteroatoms. The van der Waals surface area contributed by atoms with E-state index in [1.807, 2.05) is 19.9 Å². The molecule has 2 N–H and O–H groups in total. The Labute approximate surface area is 77.6 Å². The number of hydrogen-bond donors (Lipinski definition) is 2. The Balaban J connectivity index is 3.37. The highest BCUT2D eigenvalue weighted by Crippen LogP contribution is 2.35. The lowest BCUT2D eigenvalue weighted by atomic mass is 10.1. The maximum absolute atomic E-state index is 11.1. The average Bonchev–Trinajstić information content (AvgIpc) is 2.02. The quantitative estimate of drug-likeness (QED) is 0.708. The molecule has 0 aliphatic rings. The summed E-state index contributed by atoms with van der Waals surface area (Å²) in [4.78, 5) is 18.1. The van der Waals surface area contributed by atoms with Crippen LogP contribution in [0.1, 0.15) is 18.1 Å². The van der Waals surface area contributed by atoms with E-state index in [0.717, 1.165) is 11.1 Å². The van der Waals surface area contributed by atoms with Crippen molar-refractivity contribution in [1.82, 2.24) is 0 Å². The zero-order valence-electron chi connectivity index (χ0n) is 7.69. The average molecular weight is 200 g/mol. The van der Waals surface area contributed by atoms with Crippen molar-refractivity contribution < 1.29 is 14.4 Å². The van der Waals surface area contributed by atoms with Crippen LogP contribution in [0.2, 0.25) is 0 Å². The molecule has 0 saturated heterocycles. The summed E-state index contributed by atoms with van der Waals surface area (Å²) in [6.45, 7) is 3.75. The van der Waals surface area contributed by atoms with Crippen LogP contribution in [0, 0.1) is 6.92 Å². The largest absolute Gasteiger partial charge is 0.356 e. The molecule has 0 radical (unpaired) electrons. The summed E-state index contributed by atoms with van der Waals surface area (Å²) in [5.74, 6) is 0. The van der Waals surface area contributed by atoms with Crippen molar-refractivity contribution in [3.05, 3.63) is 29.3 Å². The topological polar surface area (TPSA) is 57.5 Å². The lowest BCUT2D eigenvalue weighted by molar-refractivity contribution is 0.387. The Kier molecular flexibility index (Phi) is 2.91. The Morgan fingerprint density at radius 3 is 2.38 bits per heavy atom. The summed E-state index contributed by atoms with van der Waals surface area (Å²) in [7, 11) is -4.10. The van der Waals surface area contributed by atoms with E-state index in [1.54, 1.807) is 6.07 Å². The lowest BCUT2D eigenvalue weighted by Gasteiger charge is -2.11. The fourth-order valence-corrected chi connectivity index (χ4v) is 2.39. The van der Waals surface area contributed by atoms with Crippen LogP contribution in [-0.4, -0.2) is 9.79 Å². The molecule has 0 heterocycles. The van der Waals surface area contributed by atoms with Crippen molar-refractivity contribution in [1.29, 1.82) is 0 Å². The van der Waals surface area contributed by atoms with Gasteiger partial charge in [0.15, 0.2) is 0 Å². The molecule has 0 aliphatic carbocycles. The summed E-state index contributed by atoms with van der Waals surface area (Å²) in [6, 6.07) is 5.02. The van der Waals surface area contributed by atoms with Gasteiger partial charge in [-0.05, 0) is 30.5 Å². The molecule has 0 amide bonds. The molecule has 0 saturated carbocycles. The van der Waals surface area contributed by atoms with Crippen molar-refractivity contribution in [2.24, 2.45) is 0 Å². The van der Waals surface area contributed by atoms with Gasteiger partial charge in [-0.2, -0.15) is 0 Å². The van der Waals surface area contributed by atoms with Crippen molar-refractivity contribution in [2.45, 2.75) is 20.3 Å². The van der Waals surface area contributed by atoms with Crippen LogP contribution in [0.15, 0.2) is 18.2 Å². The van der Waals surface area contributed by atoms with Crippen LogP contribution in [0.4, 0.5) is 0 Å². The normalized spacial score (nSPS) is 11.7. The van der Waals surface area contributed by atoms with Gasteiger partial charge in [-0.25, -0.2) is 0 Å². The third-order valence-corrected chi connectivity index (χ3v) is 3.10. The zero-order chi connectivity index (χ0) is 10.1. The van der Waals surface area contributed by atoms with E-state index < -0.39 is 7.60 Å². The van der Waals surface area contributed by atoms with Crippen LogP contribution in [0.25, 0.3) is 0 Å². The first kappa shape index (κ1) is 10.5. The van der Waals surface area contributed by atoms with Gasteiger partial charge >= 0.3 is 7.60 Å². The summed E-state index contributed by atoms with van der Waals surface area (Å²) in [6.07, 6.45) is 0.646. The molecule has 3 nitrogen and oxygen atoms in total. The van der Waals surface area contributed by atoms with E-state index in [-0.39, 0.29) is 5.30 Å². The van der Waals surface area contributed by atoms with Crippen LogP contribution in [0.5, 0.6) is 0 Å². The van der Waals surface area contributed by atoms with Gasteiger partial charge in [-0.1, -0.05) is 19.1 Å². The third kappa shape index (κ3) is 2.19. The summed E-state index contributed by atoms with van der Waals surface area (Å²) < 4.78 is 11.1. The van der Waals surface area contributed by atoms with Crippen molar-refractivity contribution >= 4 is 12.9 Å². The maximum Gasteiger partial charge on any atom is 0.356 e. The molecule has 1 aromatic carbocycles. The second-order valence-corrected chi connectivity index (χ2v) is 4.54. The van der Waals surface area contributed by atoms with Gasteiger partial charge in [0.05, 0.1) is 5.30 Å². The third-order valence-electron chi connectivity index (χ3n) is 2.05. The first-order chi connectivity index (χ1) is 5.96. The minimum atomic E-state index is -4.10. The smallest absolute Gasteiger partial charge is 0.321 e. The summed E-state index contributed by atoms with van der Waals surface area (Å²) in [5, 5.41) is 0.162. The van der Waals surface area contributed by atoms with Gasteiger partial charge in [0.1, 0.15) is 0 Å². The standard InChI is InChI=1S/C9H13O3P/c1-3-8-7(2)5-4-6-9(8)13(10,11)12/h4-6H,3H2,1-2H3,(H2,10,11,12). The summed E-state index contributed by atoms with van der Waals surface area (Å²) in [5.41, 5.74) is 1.69. The van der Waals surface area contributed by atoms with Crippen LogP contribution >= 0.6 is 7.60 Å². The highest BCUT2D eigenvalue weighted by Gasteiger charge is 2.20. The Morgan fingerprint density at radius 2 is 2.00 bits per heavy atom. The van der Waals surface area contributed by atoms with E-state index in [0.29, 0.717) is 6.42 Å². The van der Waals surface area contributed by atoms with E-state index in [4.69, 9.17) is 9.79 Å². The number of aryl methyl sites for hydroxylation is 1. The minimum absolute atomic E-state index is 0.162. The van der Waals surface area contributed by atoms with Gasteiger partial charge in [0.2, 0.25) is 0 Å². The van der Waals surface area contributed by atoms with Crippen molar-refractivity contribution in [3.63, 3.8) is 0 Å². The molecular weight excluding hydrogens is 187 g/mol. The number of benzene rings is 1. The molecular formula is C9H13O3P. The van der Waals surface area contributed by atoms with Crippen LogP contribution in [-0.2, 0) is 11.0 Å². The molecule has 1 rings (SSSR count). The van der Waals surface area contributed by atoms with Crippen molar-refractivity contribution in [3.8, 4) is 0 Å². The van der Waals surface area contributed by atoms with Crippen molar-refractivity contribution in [2.75, 3.05) is 0 Å². The van der Waals surface area contributed by atoms with E-state index in [1.165, 1.54) is 6.07 Å². The predicted octanol–water partition coefficient (Wildman–Crippen LogP) is 1.36. The monoisotopic (exact) mass is 200 g/mol. The number of rotatable bonds is 2. The van der Waals surface area contributed by atoms with E-state index in [9.17, 15) is 4.57 Å². The van der Waals surface area contributed by atoms with Gasteiger partial charge in [-0.15, -0.1) is 0 Å². The fourth-order valence-electron chi connectivity index (χ4n) is 1.42. The highest BCUT2D eigenvalue weighted by atomic mass is 31.2. The highest BCUT2D eigenvalue weighted by molar-refractivity contribution is 7.60. The first-order valence-corrected chi connectivity index (χ1v) is 5.72. The molecule has 0 aromatic heterocycles. The Bertz CT molecular complexity index is 354. The van der Waals surface area contributed by atoms with Gasteiger partial charge in [0, 0.05) is 0 Å². The van der Waals surface area contributed by atoms with Crippen LogP contribution in [0.3, 0.4) is 0 Å². The Hall–Kier alpha value is -0.630. The minimum Gasteiger partial charge on any atom is -0.321 e. The van der Waals surface area contributed by atoms with Gasteiger partial charge < -0.3 is 9.79 Å². The second-order valence-electron chi connectivity index (χ2n) is 2.97. The van der Waals surface area contributed by atoms with Crippen LogP contribution < -0.4 is 5.30 Å². The fraction of sp³-hybridized carbons (Fsp3) is 0.333. The lowest BCUT2D eigenvalue weighted by Crippen LogP contribution is -2.11. The predicted molar refractivity (Wildman–Crippen MR) is 52.2 cm³/mol. The van der Waals surface area contributed by atoms with Gasteiger partial charge in [-0.3, -0.25) is 4.57 Å². The van der Waals surface area contributed by atoms with E-state index in [2.05, 4.69) is 0 Å². The first-order valence-electron chi connectivity index (χ1n) is 4.11. The molecule has 13 heavy (non-hydrogen) atoms. The van der Waals surface area contributed by atoms with Gasteiger partial charge in [0.25, 0.3) is 0 Å². The number of hydrogen-bond acceptors (Lipinski definition) is 1. The Morgan fingerprint density at radius 1 is 1.38 bits per heavy atom. The summed E-state index contributed by atoms with van der Waals surface area (Å²) >= 11 is 0. The molecule has 1 aromatic rings. The molecule has 0 unspecified atom stereocenters. The SMILES string of the molecule is CCc1c(C)cccc1P(=O)(O)O. The molecule has 72 valence electrons. The molecule has 0 bridgehead atoms. The molecule has 0 fully saturated rings. The maximum atomic E-state index is 11.1.